The average Bonchev–Trinajstić information content (AvgIpc) is 3.65. The van der Waals surface area contributed by atoms with E-state index < -0.39 is 11.9 Å². The van der Waals surface area contributed by atoms with E-state index in [0.717, 1.165) is 39.7 Å². The van der Waals surface area contributed by atoms with Gasteiger partial charge in [-0.2, -0.15) is 5.10 Å². The first-order valence-corrected chi connectivity index (χ1v) is 13.0. The standard InChI is InChI=1S/C32H30N4O5/c1-20-5-6-21(2)35(20)26-11-13-28(14-12-26)40-19-29-15-16-30(41-29)31(37)34-33-18-25-17-22(3)36(23(25)4)27-9-7-24(8-10-27)32(38)39/h5-18H,19H2,1-4H3,(H,34,37)(H,38,39)/b33-18+. The largest absolute Gasteiger partial charge is 0.486 e. The van der Waals surface area contributed by atoms with E-state index in [4.69, 9.17) is 14.3 Å². The van der Waals surface area contributed by atoms with Crippen LogP contribution in [-0.2, 0) is 6.61 Å². The zero-order chi connectivity index (χ0) is 29.1. The molecule has 3 aromatic heterocycles. The predicted octanol–water partition coefficient (Wildman–Crippen LogP) is 6.14. The number of amides is 1. The normalized spacial score (nSPS) is 11.2. The van der Waals surface area contributed by atoms with Crippen LogP contribution in [0.15, 0.2) is 88.4 Å². The number of aryl methyl sites for hydroxylation is 3. The highest BCUT2D eigenvalue weighted by Crippen LogP contribution is 2.22. The fraction of sp³-hybridized carbons (Fsp3) is 0.156. The van der Waals surface area contributed by atoms with Gasteiger partial charge in [-0.3, -0.25) is 4.79 Å². The molecule has 2 N–H and O–H groups in total. The molecule has 0 atom stereocenters. The van der Waals surface area contributed by atoms with Crippen LogP contribution in [0, 0.1) is 27.7 Å². The monoisotopic (exact) mass is 550 g/mol. The first-order valence-electron chi connectivity index (χ1n) is 13.0. The lowest BCUT2D eigenvalue weighted by Crippen LogP contribution is -2.16. The summed E-state index contributed by atoms with van der Waals surface area (Å²) < 4.78 is 15.7. The highest BCUT2D eigenvalue weighted by atomic mass is 16.5. The van der Waals surface area contributed by atoms with Crippen LogP contribution in [0.5, 0.6) is 5.75 Å². The SMILES string of the molecule is Cc1ccc(C)n1-c1ccc(OCc2ccc(C(=O)N/N=C/c3cc(C)n(-c4ccc(C(=O)O)cc4)c3C)o2)cc1. The van der Waals surface area contributed by atoms with Crippen LogP contribution in [-0.4, -0.2) is 32.3 Å². The van der Waals surface area contributed by atoms with Gasteiger partial charge in [-0.25, -0.2) is 10.2 Å². The number of nitrogens with one attached hydrogen (secondary N) is 1. The third-order valence-electron chi connectivity index (χ3n) is 6.85. The summed E-state index contributed by atoms with van der Waals surface area (Å²) in [5, 5.41) is 13.2. The van der Waals surface area contributed by atoms with E-state index in [0.29, 0.717) is 11.5 Å². The molecule has 0 unspecified atom stereocenters. The Morgan fingerprint density at radius 2 is 1.49 bits per heavy atom. The molecule has 0 radical (unpaired) electrons. The minimum absolute atomic E-state index is 0.124. The molecular weight excluding hydrogens is 520 g/mol. The molecule has 0 saturated heterocycles. The van der Waals surface area contributed by atoms with Gasteiger partial charge >= 0.3 is 11.9 Å². The van der Waals surface area contributed by atoms with Gasteiger partial charge < -0.3 is 23.4 Å². The molecule has 0 aliphatic carbocycles. The van der Waals surface area contributed by atoms with Crippen molar-refractivity contribution in [3.63, 3.8) is 0 Å². The Morgan fingerprint density at radius 3 is 2.15 bits per heavy atom. The number of benzene rings is 2. The van der Waals surface area contributed by atoms with Crippen molar-refractivity contribution in [1.29, 1.82) is 0 Å². The number of carboxylic acids is 1. The van der Waals surface area contributed by atoms with E-state index in [9.17, 15) is 9.59 Å². The Labute approximate surface area is 237 Å². The number of ether oxygens (including phenoxy) is 1. The molecule has 208 valence electrons. The van der Waals surface area contributed by atoms with E-state index in [2.05, 4.69) is 41.1 Å². The summed E-state index contributed by atoms with van der Waals surface area (Å²) in [4.78, 5) is 23.7. The molecule has 5 rings (SSSR count). The first-order chi connectivity index (χ1) is 19.7. The number of carbonyl (C=O) groups excluding carboxylic acids is 1. The van der Waals surface area contributed by atoms with E-state index in [1.807, 2.05) is 48.7 Å². The molecule has 0 aliphatic heterocycles. The highest BCUT2D eigenvalue weighted by molar-refractivity contribution is 5.92. The van der Waals surface area contributed by atoms with Crippen molar-refractivity contribution in [2.24, 2.45) is 5.10 Å². The van der Waals surface area contributed by atoms with Crippen LogP contribution in [0.1, 0.15) is 55.0 Å². The average molecular weight is 551 g/mol. The molecule has 41 heavy (non-hydrogen) atoms. The minimum atomic E-state index is -0.971. The number of nitrogens with zero attached hydrogens (tertiary/aromatic N) is 3. The molecule has 0 aliphatic rings. The highest BCUT2D eigenvalue weighted by Gasteiger charge is 2.13. The number of aromatic carboxylic acids is 1. The minimum Gasteiger partial charge on any atom is -0.486 e. The lowest BCUT2D eigenvalue weighted by atomic mass is 10.2. The van der Waals surface area contributed by atoms with Gasteiger partial charge in [0.15, 0.2) is 5.76 Å². The van der Waals surface area contributed by atoms with Crippen molar-refractivity contribution in [2.75, 3.05) is 0 Å². The number of carboxylic acid groups (broad SMARTS) is 1. The maximum atomic E-state index is 12.6. The van der Waals surface area contributed by atoms with Gasteiger partial charge in [-0.05, 0) is 107 Å². The van der Waals surface area contributed by atoms with Gasteiger partial charge in [0.1, 0.15) is 18.1 Å². The molecule has 9 nitrogen and oxygen atoms in total. The van der Waals surface area contributed by atoms with Crippen molar-refractivity contribution in [1.82, 2.24) is 14.6 Å². The number of aromatic nitrogens is 2. The molecular formula is C32H30N4O5. The van der Waals surface area contributed by atoms with Gasteiger partial charge in [0.25, 0.3) is 0 Å². The molecule has 0 saturated carbocycles. The zero-order valence-electron chi connectivity index (χ0n) is 23.2. The number of carbonyl (C=O) groups is 2. The summed E-state index contributed by atoms with van der Waals surface area (Å²) in [5.41, 5.74) is 9.59. The Kier molecular flexibility index (Phi) is 7.60. The second kappa shape index (κ2) is 11.4. The van der Waals surface area contributed by atoms with E-state index in [1.54, 1.807) is 42.6 Å². The van der Waals surface area contributed by atoms with Crippen molar-refractivity contribution >= 4 is 18.1 Å². The van der Waals surface area contributed by atoms with Crippen molar-refractivity contribution in [3.8, 4) is 17.1 Å². The number of hydrogen-bond donors (Lipinski definition) is 2. The maximum Gasteiger partial charge on any atom is 0.335 e. The van der Waals surface area contributed by atoms with Crippen molar-refractivity contribution < 1.29 is 23.8 Å². The Morgan fingerprint density at radius 1 is 0.854 bits per heavy atom. The summed E-state index contributed by atoms with van der Waals surface area (Å²) in [7, 11) is 0. The number of hydrazone groups is 1. The van der Waals surface area contributed by atoms with Gasteiger partial charge in [0, 0.05) is 39.7 Å². The Hall–Kier alpha value is -5.31. The van der Waals surface area contributed by atoms with Crippen LogP contribution in [0.3, 0.4) is 0 Å². The first kappa shape index (κ1) is 27.3. The maximum absolute atomic E-state index is 12.6. The van der Waals surface area contributed by atoms with Gasteiger partial charge in [-0.1, -0.05) is 0 Å². The summed E-state index contributed by atoms with van der Waals surface area (Å²) >= 11 is 0. The van der Waals surface area contributed by atoms with Gasteiger partial charge in [0.05, 0.1) is 11.8 Å². The summed E-state index contributed by atoms with van der Waals surface area (Å²) in [6.07, 6.45) is 1.57. The summed E-state index contributed by atoms with van der Waals surface area (Å²) in [5.74, 6) is -0.122. The molecule has 0 bridgehead atoms. The number of hydrogen-bond acceptors (Lipinski definition) is 5. The van der Waals surface area contributed by atoms with Crippen molar-refractivity contribution in [2.45, 2.75) is 34.3 Å². The zero-order valence-corrected chi connectivity index (χ0v) is 23.2. The molecule has 9 heteroatoms. The smallest absolute Gasteiger partial charge is 0.335 e. The Balaban J connectivity index is 1.17. The third kappa shape index (κ3) is 5.84. The van der Waals surface area contributed by atoms with E-state index in [1.165, 1.54) is 0 Å². The van der Waals surface area contributed by atoms with Crippen LogP contribution in [0.2, 0.25) is 0 Å². The Bertz CT molecular complexity index is 1720. The van der Waals surface area contributed by atoms with Crippen LogP contribution in [0.25, 0.3) is 11.4 Å². The molecule has 0 fully saturated rings. The van der Waals surface area contributed by atoms with E-state index >= 15 is 0 Å². The molecule has 0 spiro atoms. The summed E-state index contributed by atoms with van der Waals surface area (Å²) in [6, 6.07) is 23.8. The van der Waals surface area contributed by atoms with E-state index in [-0.39, 0.29) is 17.9 Å². The number of furan rings is 1. The summed E-state index contributed by atoms with van der Waals surface area (Å²) in [6.45, 7) is 8.18. The third-order valence-corrected chi connectivity index (χ3v) is 6.85. The fourth-order valence-corrected chi connectivity index (χ4v) is 4.78. The second-order valence-electron chi connectivity index (χ2n) is 9.71. The van der Waals surface area contributed by atoms with Crippen LogP contribution in [0.4, 0.5) is 0 Å². The second-order valence-corrected chi connectivity index (χ2v) is 9.71. The lowest BCUT2D eigenvalue weighted by Gasteiger charge is -2.10. The van der Waals surface area contributed by atoms with Gasteiger partial charge in [-0.15, -0.1) is 0 Å². The molecule has 2 aromatic carbocycles. The topological polar surface area (TPSA) is 111 Å². The molecule has 1 amide bonds. The van der Waals surface area contributed by atoms with Gasteiger partial charge in [0.2, 0.25) is 0 Å². The van der Waals surface area contributed by atoms with Crippen LogP contribution < -0.4 is 10.2 Å². The number of rotatable bonds is 9. The quantitative estimate of drug-likeness (QED) is 0.169. The van der Waals surface area contributed by atoms with Crippen molar-refractivity contribution in [3.05, 3.63) is 124 Å². The molecule has 5 aromatic rings. The fourth-order valence-electron chi connectivity index (χ4n) is 4.78. The predicted molar refractivity (Wildman–Crippen MR) is 156 cm³/mol. The lowest BCUT2D eigenvalue weighted by molar-refractivity contribution is 0.0696. The molecule has 3 heterocycles. The van der Waals surface area contributed by atoms with Crippen LogP contribution >= 0.6 is 0 Å².